The third kappa shape index (κ3) is 10.1. The molecule has 1 aliphatic rings. The second-order valence-electron chi connectivity index (χ2n) is 9.62. The number of halogens is 1. The van der Waals surface area contributed by atoms with E-state index in [-0.39, 0.29) is 18.9 Å². The number of nitrogens with one attached hydrogen (secondary N) is 1. The van der Waals surface area contributed by atoms with Crippen LogP contribution >= 0.6 is 0 Å². The number of unbranched alkanes of at least 4 members (excludes halogenated alkanes) is 3. The smallest absolute Gasteiger partial charge is 0.228 e. The van der Waals surface area contributed by atoms with Crippen LogP contribution in [-0.2, 0) is 4.79 Å². The molecule has 3 N–H and O–H groups in total. The van der Waals surface area contributed by atoms with Gasteiger partial charge in [0, 0.05) is 19.6 Å². The largest absolute Gasteiger partial charge is 0.494 e. The summed E-state index contributed by atoms with van der Waals surface area (Å²) in [6, 6.07) is 13.2. The van der Waals surface area contributed by atoms with Crippen molar-refractivity contribution >= 4 is 5.91 Å². The lowest BCUT2D eigenvalue weighted by molar-refractivity contribution is -0.123. The fourth-order valence-corrected chi connectivity index (χ4v) is 4.43. The van der Waals surface area contributed by atoms with E-state index in [1.165, 1.54) is 12.8 Å². The maximum Gasteiger partial charge on any atom is 0.228 e. The number of hydrogen-bond acceptors (Lipinski definition) is 7. The molecule has 0 bridgehead atoms. The van der Waals surface area contributed by atoms with Crippen LogP contribution < -0.4 is 19.5 Å². The van der Waals surface area contributed by atoms with E-state index in [0.717, 1.165) is 18.6 Å². The van der Waals surface area contributed by atoms with E-state index in [9.17, 15) is 19.4 Å². The zero-order chi connectivity index (χ0) is 27.2. The molecule has 0 aliphatic carbocycles. The summed E-state index contributed by atoms with van der Waals surface area (Å²) in [5.41, 5.74) is 0.681. The third-order valence-electron chi connectivity index (χ3n) is 6.56. The van der Waals surface area contributed by atoms with Crippen LogP contribution in [0.15, 0.2) is 48.5 Å². The van der Waals surface area contributed by atoms with Gasteiger partial charge in [0.1, 0.15) is 23.4 Å². The fourth-order valence-electron chi connectivity index (χ4n) is 4.43. The highest BCUT2D eigenvalue weighted by atomic mass is 19.1. The quantitative estimate of drug-likeness (QED) is 0.265. The normalized spacial score (nSPS) is 17.1. The van der Waals surface area contributed by atoms with Crippen molar-refractivity contribution in [2.75, 3.05) is 39.7 Å². The number of aliphatic hydroxyl groups excluding tert-OH is 2. The Morgan fingerprint density at radius 2 is 1.63 bits per heavy atom. The Kier molecular flexibility index (Phi) is 12.6. The van der Waals surface area contributed by atoms with E-state index in [1.807, 2.05) is 29.2 Å². The molecule has 0 aromatic heterocycles. The molecule has 9 heteroatoms. The number of carbonyl (C=O) groups is 1. The van der Waals surface area contributed by atoms with Gasteiger partial charge in [0.25, 0.3) is 0 Å². The van der Waals surface area contributed by atoms with Gasteiger partial charge in [0.2, 0.25) is 12.8 Å². The predicted molar refractivity (Wildman–Crippen MR) is 143 cm³/mol. The van der Waals surface area contributed by atoms with Crippen LogP contribution in [0.3, 0.4) is 0 Å². The van der Waals surface area contributed by atoms with Gasteiger partial charge in [0.05, 0.1) is 31.8 Å². The molecule has 0 unspecified atom stereocenters. The highest BCUT2D eigenvalue weighted by Gasteiger charge is 2.29. The Labute approximate surface area is 224 Å². The lowest BCUT2D eigenvalue weighted by Gasteiger charge is -2.29. The Morgan fingerprint density at radius 3 is 2.24 bits per heavy atom. The van der Waals surface area contributed by atoms with Crippen LogP contribution in [0, 0.1) is 0 Å². The number of nitrogens with zero attached hydrogens (tertiary/aromatic N) is 1. The molecule has 3 atom stereocenters. The zero-order valence-corrected chi connectivity index (χ0v) is 22.2. The van der Waals surface area contributed by atoms with Gasteiger partial charge in [-0.25, -0.2) is 4.39 Å². The van der Waals surface area contributed by atoms with Crippen molar-refractivity contribution in [3.05, 3.63) is 54.1 Å². The van der Waals surface area contributed by atoms with Gasteiger partial charge in [-0.3, -0.25) is 9.69 Å². The van der Waals surface area contributed by atoms with Gasteiger partial charge < -0.3 is 29.7 Å². The standard InChI is InChI=1S/C29H41FN2O6/c1-2-3-4-5-17-36-24-8-6-22(7-9-24)29(35)27(20-32-16-14-23(33)19-32)31-28(34)15-18-37-25-10-12-26(13-11-25)38-21-30/h6-13,23,27,29,33,35H,2-5,14-21H2,1H3,(H,31,34)/t23-,27+,29+/m0/s1. The van der Waals surface area contributed by atoms with Crippen molar-refractivity contribution < 1.29 is 33.6 Å². The number of likely N-dealkylation sites (tertiary alicyclic amines) is 1. The maximum atomic E-state index is 12.8. The molecular weight excluding hydrogens is 491 g/mol. The van der Waals surface area contributed by atoms with Gasteiger partial charge in [-0.2, -0.15) is 0 Å². The van der Waals surface area contributed by atoms with Crippen LogP contribution in [-0.4, -0.2) is 72.9 Å². The molecule has 38 heavy (non-hydrogen) atoms. The van der Waals surface area contributed by atoms with Gasteiger partial charge in [-0.1, -0.05) is 38.3 Å². The number of amides is 1. The summed E-state index contributed by atoms with van der Waals surface area (Å²) >= 11 is 0. The van der Waals surface area contributed by atoms with E-state index in [1.54, 1.807) is 24.3 Å². The van der Waals surface area contributed by atoms with Crippen LogP contribution in [0.4, 0.5) is 4.39 Å². The topological polar surface area (TPSA) is 100 Å². The van der Waals surface area contributed by atoms with E-state index in [4.69, 9.17) is 14.2 Å². The summed E-state index contributed by atoms with van der Waals surface area (Å²) in [5.74, 6) is 1.44. The number of benzene rings is 2. The first-order chi connectivity index (χ1) is 18.5. The fraction of sp³-hybridized carbons (Fsp3) is 0.552. The Hall–Kier alpha value is -2.88. The highest BCUT2D eigenvalue weighted by Crippen LogP contribution is 2.23. The molecule has 0 saturated carbocycles. The van der Waals surface area contributed by atoms with E-state index in [2.05, 4.69) is 12.2 Å². The lowest BCUT2D eigenvalue weighted by Crippen LogP contribution is -2.47. The minimum Gasteiger partial charge on any atom is -0.494 e. The molecular formula is C29H41FN2O6. The van der Waals surface area contributed by atoms with Gasteiger partial charge >= 0.3 is 0 Å². The zero-order valence-electron chi connectivity index (χ0n) is 22.2. The monoisotopic (exact) mass is 532 g/mol. The average Bonchev–Trinajstić information content (AvgIpc) is 3.33. The first-order valence-corrected chi connectivity index (χ1v) is 13.5. The summed E-state index contributed by atoms with van der Waals surface area (Å²) < 4.78 is 28.4. The number of aliphatic hydroxyl groups is 2. The molecule has 8 nitrogen and oxygen atoms in total. The minimum absolute atomic E-state index is 0.0966. The molecule has 3 rings (SSSR count). The molecule has 2 aromatic carbocycles. The number of rotatable bonds is 17. The molecule has 2 aromatic rings. The Morgan fingerprint density at radius 1 is 1.00 bits per heavy atom. The number of β-amino-alcohol motifs (C(OH)–C–C–N with tert-alkyl or cyclic N) is 1. The lowest BCUT2D eigenvalue weighted by atomic mass is 10.0. The molecule has 0 radical (unpaired) electrons. The van der Waals surface area contributed by atoms with E-state index < -0.39 is 25.1 Å². The molecule has 0 spiro atoms. The number of hydrogen-bond donors (Lipinski definition) is 3. The Bertz CT molecular complexity index is 943. The van der Waals surface area contributed by atoms with Gasteiger partial charge in [-0.15, -0.1) is 0 Å². The van der Waals surface area contributed by atoms with Crippen LogP contribution in [0.25, 0.3) is 0 Å². The Balaban J connectivity index is 1.53. The summed E-state index contributed by atoms with van der Waals surface area (Å²) in [5, 5.41) is 24.1. The number of alkyl halides is 1. The molecule has 1 heterocycles. The number of ether oxygens (including phenoxy) is 3. The molecule has 1 aliphatic heterocycles. The highest BCUT2D eigenvalue weighted by molar-refractivity contribution is 5.76. The molecule has 1 saturated heterocycles. The van der Waals surface area contributed by atoms with Crippen molar-refractivity contribution in [1.29, 1.82) is 0 Å². The third-order valence-corrected chi connectivity index (χ3v) is 6.56. The van der Waals surface area contributed by atoms with Crippen LogP contribution in [0.2, 0.25) is 0 Å². The molecule has 1 fully saturated rings. The SMILES string of the molecule is CCCCCCOc1ccc([C@@H](O)[C@@H](CN2CC[C@H](O)C2)NC(=O)CCOc2ccc(OCF)cc2)cc1. The first-order valence-electron chi connectivity index (χ1n) is 13.5. The van der Waals surface area contributed by atoms with E-state index in [0.29, 0.717) is 49.7 Å². The number of carbonyl (C=O) groups excluding carboxylic acids is 1. The van der Waals surface area contributed by atoms with Crippen LogP contribution in [0.1, 0.15) is 57.1 Å². The maximum absolute atomic E-state index is 12.8. The summed E-state index contributed by atoms with van der Waals surface area (Å²) in [6.07, 6.45) is 3.98. The van der Waals surface area contributed by atoms with Gasteiger partial charge in [0.15, 0.2) is 0 Å². The van der Waals surface area contributed by atoms with E-state index >= 15 is 0 Å². The van der Waals surface area contributed by atoms with Crippen molar-refractivity contribution in [1.82, 2.24) is 10.2 Å². The van der Waals surface area contributed by atoms with Crippen molar-refractivity contribution in [3.63, 3.8) is 0 Å². The minimum atomic E-state index is -0.931. The second-order valence-corrected chi connectivity index (χ2v) is 9.62. The average molecular weight is 533 g/mol. The summed E-state index contributed by atoms with van der Waals surface area (Å²) in [7, 11) is 0. The molecule has 1 amide bonds. The van der Waals surface area contributed by atoms with Crippen molar-refractivity contribution in [2.45, 2.75) is 63.7 Å². The van der Waals surface area contributed by atoms with Crippen LogP contribution in [0.5, 0.6) is 17.2 Å². The van der Waals surface area contributed by atoms with Gasteiger partial charge in [-0.05, 0) is 54.8 Å². The summed E-state index contributed by atoms with van der Waals surface area (Å²) in [4.78, 5) is 14.8. The molecule has 210 valence electrons. The van der Waals surface area contributed by atoms with Crippen molar-refractivity contribution in [3.8, 4) is 17.2 Å². The summed E-state index contributed by atoms with van der Waals surface area (Å²) in [6.45, 7) is 3.71. The first kappa shape index (κ1) is 29.7. The predicted octanol–water partition coefficient (Wildman–Crippen LogP) is 4.01. The van der Waals surface area contributed by atoms with Crippen molar-refractivity contribution in [2.24, 2.45) is 0 Å². The second kappa shape index (κ2) is 16.2.